The Labute approximate surface area is 198 Å². The first kappa shape index (κ1) is 21.3. The number of benzene rings is 2. The Kier molecular flexibility index (Phi) is 5.65. The van der Waals surface area contributed by atoms with E-state index < -0.39 is 5.97 Å². The van der Waals surface area contributed by atoms with Crippen LogP contribution in [-0.4, -0.2) is 35.0 Å². The van der Waals surface area contributed by atoms with E-state index in [0.29, 0.717) is 44.4 Å². The van der Waals surface area contributed by atoms with Crippen molar-refractivity contribution in [2.75, 3.05) is 13.9 Å². The number of nitrogens with zero attached hydrogens (tertiary/aromatic N) is 1. The molecule has 2 aromatic carbocycles. The second-order valence-electron chi connectivity index (χ2n) is 7.23. The zero-order valence-electron chi connectivity index (χ0n) is 17.4. The second-order valence-corrected chi connectivity index (χ2v) is 8.90. The lowest BCUT2D eigenvalue weighted by molar-refractivity contribution is -0.122. The molecule has 0 aliphatic carbocycles. The summed E-state index contributed by atoms with van der Waals surface area (Å²) >= 11 is 6.67. The molecule has 0 N–H and O–H groups in total. The number of hydrogen-bond acceptors (Lipinski definition) is 8. The van der Waals surface area contributed by atoms with Gasteiger partial charge in [0.1, 0.15) is 15.8 Å². The standard InChI is InChI=1S/C24H17NO6S2/c1-28-23(27)16-5-3-15(4-6-16)18-9-7-17(31-18)11-21-22(26)25(24(32)33-21)12-14-2-8-19-20(10-14)30-13-29-19/h2-11H,12-13H2,1H3/b21-11-. The fraction of sp³-hybridized carbons (Fsp3) is 0.125. The Morgan fingerprint density at radius 1 is 1.12 bits per heavy atom. The fourth-order valence-electron chi connectivity index (χ4n) is 3.46. The number of amides is 1. The maximum atomic E-state index is 13.0. The summed E-state index contributed by atoms with van der Waals surface area (Å²) in [6.07, 6.45) is 1.69. The molecular formula is C24H17NO6S2. The maximum absolute atomic E-state index is 13.0. The highest BCUT2D eigenvalue weighted by molar-refractivity contribution is 8.26. The summed E-state index contributed by atoms with van der Waals surface area (Å²) < 4.78 is 21.8. The molecule has 2 aliphatic rings. The molecule has 0 spiro atoms. The molecule has 1 saturated heterocycles. The number of hydrogen-bond donors (Lipinski definition) is 0. The van der Waals surface area contributed by atoms with Crippen molar-refractivity contribution in [3.05, 3.63) is 76.4 Å². The van der Waals surface area contributed by atoms with E-state index >= 15 is 0 Å². The fourth-order valence-corrected chi connectivity index (χ4v) is 4.70. The van der Waals surface area contributed by atoms with Crippen LogP contribution in [0.5, 0.6) is 11.5 Å². The van der Waals surface area contributed by atoms with E-state index in [2.05, 4.69) is 0 Å². The van der Waals surface area contributed by atoms with Crippen LogP contribution in [0.15, 0.2) is 63.9 Å². The van der Waals surface area contributed by atoms with Gasteiger partial charge in [0.15, 0.2) is 11.5 Å². The quantitative estimate of drug-likeness (QED) is 0.292. The second kappa shape index (κ2) is 8.76. The molecule has 1 fully saturated rings. The van der Waals surface area contributed by atoms with E-state index in [9.17, 15) is 9.59 Å². The van der Waals surface area contributed by atoms with Gasteiger partial charge in [0.2, 0.25) is 6.79 Å². The Morgan fingerprint density at radius 3 is 2.70 bits per heavy atom. The SMILES string of the molecule is COC(=O)c1ccc(-c2ccc(/C=C3\SC(=S)N(Cc4ccc5c(c4)OCO5)C3=O)o2)cc1. The molecule has 9 heteroatoms. The third-order valence-electron chi connectivity index (χ3n) is 5.14. The molecule has 0 atom stereocenters. The Bertz CT molecular complexity index is 1290. The normalized spacial score (nSPS) is 16.0. The first-order chi connectivity index (χ1) is 16.0. The predicted octanol–water partition coefficient (Wildman–Crippen LogP) is 4.86. The molecule has 0 unspecified atom stereocenters. The van der Waals surface area contributed by atoms with Crippen LogP contribution in [0.1, 0.15) is 21.7 Å². The van der Waals surface area contributed by atoms with Crippen LogP contribution in [0, 0.1) is 0 Å². The van der Waals surface area contributed by atoms with Gasteiger partial charge in [0.05, 0.1) is 24.1 Å². The van der Waals surface area contributed by atoms with E-state index in [1.807, 2.05) is 24.3 Å². The predicted molar refractivity (Wildman–Crippen MR) is 127 cm³/mol. The van der Waals surface area contributed by atoms with E-state index in [0.717, 1.165) is 11.1 Å². The molecule has 0 radical (unpaired) electrons. The number of methoxy groups -OCH3 is 1. The van der Waals surface area contributed by atoms with Gasteiger partial charge in [-0.3, -0.25) is 9.69 Å². The van der Waals surface area contributed by atoms with Crippen molar-refractivity contribution in [3.8, 4) is 22.8 Å². The number of esters is 1. The lowest BCUT2D eigenvalue weighted by Gasteiger charge is -2.14. The number of furan rings is 1. The van der Waals surface area contributed by atoms with Crippen molar-refractivity contribution >= 4 is 46.3 Å². The zero-order valence-corrected chi connectivity index (χ0v) is 19.0. The number of rotatable bonds is 5. The highest BCUT2D eigenvalue weighted by Gasteiger charge is 2.32. The lowest BCUT2D eigenvalue weighted by atomic mass is 10.1. The van der Waals surface area contributed by atoms with Crippen molar-refractivity contribution in [3.63, 3.8) is 0 Å². The van der Waals surface area contributed by atoms with Crippen molar-refractivity contribution < 1.29 is 28.2 Å². The molecule has 2 aliphatic heterocycles. The Balaban J connectivity index is 1.31. The average Bonchev–Trinajstić information content (AvgIpc) is 3.55. The molecule has 3 heterocycles. The van der Waals surface area contributed by atoms with Crippen LogP contribution in [0.4, 0.5) is 0 Å². The average molecular weight is 480 g/mol. The van der Waals surface area contributed by atoms with Crippen LogP contribution in [-0.2, 0) is 16.1 Å². The highest BCUT2D eigenvalue weighted by atomic mass is 32.2. The summed E-state index contributed by atoms with van der Waals surface area (Å²) in [5.41, 5.74) is 2.16. The van der Waals surface area contributed by atoms with Gasteiger partial charge in [0, 0.05) is 11.6 Å². The largest absolute Gasteiger partial charge is 0.465 e. The monoisotopic (exact) mass is 479 g/mol. The minimum atomic E-state index is -0.399. The summed E-state index contributed by atoms with van der Waals surface area (Å²) in [5.74, 6) is 1.93. The van der Waals surface area contributed by atoms with Crippen LogP contribution < -0.4 is 9.47 Å². The third kappa shape index (κ3) is 4.24. The van der Waals surface area contributed by atoms with Crippen LogP contribution >= 0.6 is 24.0 Å². The van der Waals surface area contributed by atoms with Crippen LogP contribution in [0.25, 0.3) is 17.4 Å². The molecular weight excluding hydrogens is 462 g/mol. The van der Waals surface area contributed by atoms with E-state index in [1.54, 1.807) is 41.3 Å². The maximum Gasteiger partial charge on any atom is 0.337 e. The summed E-state index contributed by atoms with van der Waals surface area (Å²) in [6.45, 7) is 0.539. The Morgan fingerprint density at radius 2 is 1.91 bits per heavy atom. The van der Waals surface area contributed by atoms with Gasteiger partial charge in [-0.05, 0) is 42.0 Å². The molecule has 0 bridgehead atoms. The molecule has 33 heavy (non-hydrogen) atoms. The van der Waals surface area contributed by atoms with Crippen molar-refractivity contribution in [2.24, 2.45) is 0 Å². The van der Waals surface area contributed by atoms with Gasteiger partial charge in [-0.2, -0.15) is 0 Å². The highest BCUT2D eigenvalue weighted by Crippen LogP contribution is 2.37. The van der Waals surface area contributed by atoms with Gasteiger partial charge in [-0.1, -0.05) is 42.2 Å². The zero-order chi connectivity index (χ0) is 22.9. The van der Waals surface area contributed by atoms with Gasteiger partial charge >= 0.3 is 5.97 Å². The number of thiocarbonyl (C=S) groups is 1. The van der Waals surface area contributed by atoms with E-state index in [1.165, 1.54) is 18.9 Å². The van der Waals surface area contributed by atoms with Crippen molar-refractivity contribution in [1.29, 1.82) is 0 Å². The first-order valence-corrected chi connectivity index (χ1v) is 11.2. The summed E-state index contributed by atoms with van der Waals surface area (Å²) in [4.78, 5) is 26.6. The lowest BCUT2D eigenvalue weighted by Crippen LogP contribution is -2.27. The topological polar surface area (TPSA) is 78.2 Å². The molecule has 7 nitrogen and oxygen atoms in total. The van der Waals surface area contributed by atoms with Gasteiger partial charge in [-0.15, -0.1) is 0 Å². The number of ether oxygens (including phenoxy) is 3. The molecule has 0 saturated carbocycles. The van der Waals surface area contributed by atoms with Crippen molar-refractivity contribution in [2.45, 2.75) is 6.54 Å². The molecule has 3 aromatic rings. The van der Waals surface area contributed by atoms with Crippen LogP contribution in [0.3, 0.4) is 0 Å². The minimum absolute atomic E-state index is 0.178. The molecule has 1 aromatic heterocycles. The van der Waals surface area contributed by atoms with E-state index in [-0.39, 0.29) is 12.7 Å². The van der Waals surface area contributed by atoms with Gasteiger partial charge in [-0.25, -0.2) is 4.79 Å². The number of carbonyl (C=O) groups excluding carboxylic acids is 2. The summed E-state index contributed by atoms with van der Waals surface area (Å²) in [5, 5.41) is 0. The third-order valence-corrected chi connectivity index (χ3v) is 6.52. The first-order valence-electron chi connectivity index (χ1n) is 9.94. The summed E-state index contributed by atoms with van der Waals surface area (Å²) in [6, 6.07) is 16.1. The molecule has 5 rings (SSSR count). The van der Waals surface area contributed by atoms with Crippen LogP contribution in [0.2, 0.25) is 0 Å². The van der Waals surface area contributed by atoms with Gasteiger partial charge < -0.3 is 18.6 Å². The smallest absolute Gasteiger partial charge is 0.337 e. The number of thioether (sulfide) groups is 1. The molecule has 1 amide bonds. The number of fused-ring (bicyclic) bond motifs is 1. The van der Waals surface area contributed by atoms with Gasteiger partial charge in [0.25, 0.3) is 5.91 Å². The Hall–Kier alpha value is -3.56. The minimum Gasteiger partial charge on any atom is -0.465 e. The number of carbonyl (C=O) groups is 2. The molecule has 166 valence electrons. The van der Waals surface area contributed by atoms with E-state index in [4.69, 9.17) is 30.8 Å². The van der Waals surface area contributed by atoms with Crippen molar-refractivity contribution in [1.82, 2.24) is 4.90 Å². The summed E-state index contributed by atoms with van der Waals surface area (Å²) in [7, 11) is 1.34.